The van der Waals surface area contributed by atoms with Crippen LogP contribution in [-0.2, 0) is 21.0 Å². The smallest absolute Gasteiger partial charge is 0.416 e. The minimum absolute atomic E-state index is 0.0463. The lowest BCUT2D eigenvalue weighted by molar-refractivity contribution is -0.137. The van der Waals surface area contributed by atoms with Crippen LogP contribution < -0.4 is 9.64 Å². The highest BCUT2D eigenvalue weighted by Gasteiger charge is 2.32. The number of ether oxygens (including phenoxy) is 1. The van der Waals surface area contributed by atoms with Crippen LogP contribution in [0.15, 0.2) is 47.4 Å². The summed E-state index contributed by atoms with van der Waals surface area (Å²) in [7, 11) is -3.98. The lowest BCUT2D eigenvalue weighted by atomic mass is 10.1. The van der Waals surface area contributed by atoms with Crippen LogP contribution >= 0.6 is 11.6 Å². The van der Waals surface area contributed by atoms with E-state index in [1.807, 2.05) is 0 Å². The molecule has 2 aromatic carbocycles. The zero-order valence-electron chi connectivity index (χ0n) is 19.4. The van der Waals surface area contributed by atoms with Crippen LogP contribution in [0.1, 0.15) is 19.4 Å². The Bertz CT molecular complexity index is 1150. The largest absolute Gasteiger partial charge is 0.492 e. The standard InChI is InChI=1S/C23H27ClF3N3O4S/c1-3-30(35(32,33)19-8-9-21(34-4-2)20(24)15-19)16-22(31)29-12-10-28(11-13-29)18-7-5-6-17(14-18)23(25,26)27/h5-9,14-15H,3-4,10-13,16H2,1-2H3. The van der Waals surface area contributed by atoms with Crippen LogP contribution in [0.5, 0.6) is 5.75 Å². The molecular formula is C23H27ClF3N3O4S. The quantitative estimate of drug-likeness (QED) is 0.510. The van der Waals surface area contributed by atoms with Crippen molar-refractivity contribution in [3.8, 4) is 5.75 Å². The van der Waals surface area contributed by atoms with Crippen molar-refractivity contribution in [2.45, 2.75) is 24.9 Å². The van der Waals surface area contributed by atoms with Crippen LogP contribution in [0.4, 0.5) is 18.9 Å². The molecule has 1 heterocycles. The van der Waals surface area contributed by atoms with Gasteiger partial charge in [0.05, 0.1) is 28.6 Å². The first kappa shape index (κ1) is 27.1. The van der Waals surface area contributed by atoms with Crippen molar-refractivity contribution < 1.29 is 31.1 Å². The van der Waals surface area contributed by atoms with Crippen LogP contribution in [0.3, 0.4) is 0 Å². The third-order valence-corrected chi connectivity index (χ3v) is 7.89. The number of anilines is 1. The van der Waals surface area contributed by atoms with Crippen molar-refractivity contribution >= 4 is 33.2 Å². The van der Waals surface area contributed by atoms with E-state index in [1.165, 1.54) is 29.2 Å². The van der Waals surface area contributed by atoms with Gasteiger partial charge in [0.15, 0.2) is 0 Å². The average Bonchev–Trinajstić information content (AvgIpc) is 2.83. The van der Waals surface area contributed by atoms with E-state index >= 15 is 0 Å². The van der Waals surface area contributed by atoms with Gasteiger partial charge in [0.1, 0.15) is 5.75 Å². The fourth-order valence-electron chi connectivity index (χ4n) is 3.77. The van der Waals surface area contributed by atoms with Gasteiger partial charge in [-0.25, -0.2) is 8.42 Å². The summed E-state index contributed by atoms with van der Waals surface area (Å²) in [4.78, 5) is 16.1. The molecule has 0 N–H and O–H groups in total. The maximum absolute atomic E-state index is 13.1. The molecule has 0 atom stereocenters. The Hall–Kier alpha value is -2.50. The summed E-state index contributed by atoms with van der Waals surface area (Å²) in [6.45, 7) is 4.71. The van der Waals surface area contributed by atoms with E-state index < -0.39 is 21.8 Å². The molecule has 1 amide bonds. The summed E-state index contributed by atoms with van der Waals surface area (Å²) < 4.78 is 71.7. The molecule has 1 saturated heterocycles. The zero-order chi connectivity index (χ0) is 25.8. The summed E-state index contributed by atoms with van der Waals surface area (Å²) >= 11 is 6.14. The van der Waals surface area contributed by atoms with Gasteiger partial charge < -0.3 is 14.5 Å². The summed E-state index contributed by atoms with van der Waals surface area (Å²) in [5, 5.41) is 0.154. The molecule has 12 heteroatoms. The van der Waals surface area contributed by atoms with Gasteiger partial charge in [0, 0.05) is 38.4 Å². The van der Waals surface area contributed by atoms with E-state index in [0.29, 0.717) is 31.1 Å². The summed E-state index contributed by atoms with van der Waals surface area (Å²) in [5.74, 6) is -0.0120. The number of amides is 1. The molecule has 2 aromatic rings. The minimum atomic E-state index is -4.43. The predicted molar refractivity (Wildman–Crippen MR) is 127 cm³/mol. The molecule has 1 aliphatic rings. The highest BCUT2D eigenvalue weighted by Crippen LogP contribution is 2.32. The number of carbonyl (C=O) groups excluding carboxylic acids is 1. The number of hydrogen-bond donors (Lipinski definition) is 0. The normalized spacial score (nSPS) is 14.9. The second-order valence-electron chi connectivity index (χ2n) is 7.87. The molecule has 0 unspecified atom stereocenters. The number of halogens is 4. The molecule has 1 aliphatic heterocycles. The third-order valence-electron chi connectivity index (χ3n) is 5.68. The second kappa shape index (κ2) is 11.0. The van der Waals surface area contributed by atoms with E-state index in [-0.39, 0.29) is 42.0 Å². The number of likely N-dealkylation sites (N-methyl/N-ethyl adjacent to an activating group) is 1. The van der Waals surface area contributed by atoms with E-state index in [2.05, 4.69) is 0 Å². The number of carbonyl (C=O) groups is 1. The number of nitrogens with zero attached hydrogens (tertiary/aromatic N) is 3. The number of piperazine rings is 1. The Morgan fingerprint density at radius 3 is 2.34 bits per heavy atom. The van der Waals surface area contributed by atoms with Gasteiger partial charge in [-0.1, -0.05) is 24.6 Å². The summed E-state index contributed by atoms with van der Waals surface area (Å²) in [6, 6.07) is 9.20. The van der Waals surface area contributed by atoms with Crippen molar-refractivity contribution in [1.29, 1.82) is 0 Å². The molecule has 0 aromatic heterocycles. The van der Waals surface area contributed by atoms with Crippen LogP contribution in [0.25, 0.3) is 0 Å². The summed E-state index contributed by atoms with van der Waals surface area (Å²) in [5.41, 5.74) is -0.302. The molecule has 0 spiro atoms. The number of benzene rings is 2. The molecular weight excluding hydrogens is 507 g/mol. The number of sulfonamides is 1. The van der Waals surface area contributed by atoms with Crippen molar-refractivity contribution in [2.75, 3.05) is 50.8 Å². The lowest BCUT2D eigenvalue weighted by Crippen LogP contribution is -2.51. The lowest BCUT2D eigenvalue weighted by Gasteiger charge is -2.37. The highest BCUT2D eigenvalue weighted by molar-refractivity contribution is 7.89. The van der Waals surface area contributed by atoms with Crippen molar-refractivity contribution in [2.24, 2.45) is 0 Å². The maximum atomic E-state index is 13.1. The molecule has 7 nitrogen and oxygen atoms in total. The predicted octanol–water partition coefficient (Wildman–Crippen LogP) is 4.12. The first-order chi connectivity index (χ1) is 16.5. The van der Waals surface area contributed by atoms with E-state index in [9.17, 15) is 26.4 Å². The molecule has 1 fully saturated rings. The van der Waals surface area contributed by atoms with Gasteiger partial charge in [-0.05, 0) is 43.3 Å². The van der Waals surface area contributed by atoms with Crippen LogP contribution in [0, 0.1) is 0 Å². The molecule has 35 heavy (non-hydrogen) atoms. The Kier molecular flexibility index (Phi) is 8.55. The van der Waals surface area contributed by atoms with Crippen LogP contribution in [0.2, 0.25) is 5.02 Å². The monoisotopic (exact) mass is 533 g/mol. The van der Waals surface area contributed by atoms with Gasteiger partial charge in [-0.15, -0.1) is 0 Å². The van der Waals surface area contributed by atoms with Crippen molar-refractivity contribution in [1.82, 2.24) is 9.21 Å². The zero-order valence-corrected chi connectivity index (χ0v) is 21.0. The molecule has 0 saturated carbocycles. The van der Waals surface area contributed by atoms with Gasteiger partial charge in [0.2, 0.25) is 15.9 Å². The fourth-order valence-corrected chi connectivity index (χ4v) is 5.50. The van der Waals surface area contributed by atoms with Gasteiger partial charge >= 0.3 is 6.18 Å². The number of alkyl halides is 3. The van der Waals surface area contributed by atoms with Crippen molar-refractivity contribution in [3.05, 3.63) is 53.1 Å². The van der Waals surface area contributed by atoms with Crippen LogP contribution in [-0.4, -0.2) is 69.4 Å². The Labute approximate surface area is 208 Å². The summed E-state index contributed by atoms with van der Waals surface area (Å²) in [6.07, 6.45) is -4.43. The first-order valence-corrected chi connectivity index (χ1v) is 12.9. The molecule has 0 aliphatic carbocycles. The van der Waals surface area contributed by atoms with Gasteiger partial charge in [-0.3, -0.25) is 4.79 Å². The minimum Gasteiger partial charge on any atom is -0.492 e. The third kappa shape index (κ3) is 6.39. The Balaban J connectivity index is 1.65. The maximum Gasteiger partial charge on any atom is 0.416 e. The molecule has 3 rings (SSSR count). The highest BCUT2D eigenvalue weighted by atomic mass is 35.5. The number of rotatable bonds is 8. The first-order valence-electron chi connectivity index (χ1n) is 11.1. The SMILES string of the molecule is CCOc1ccc(S(=O)(=O)N(CC)CC(=O)N2CCN(c3cccc(C(F)(F)F)c3)CC2)cc1Cl. The van der Waals surface area contributed by atoms with Crippen molar-refractivity contribution in [3.63, 3.8) is 0 Å². The molecule has 0 bridgehead atoms. The number of hydrogen-bond acceptors (Lipinski definition) is 5. The topological polar surface area (TPSA) is 70.2 Å². The van der Waals surface area contributed by atoms with Gasteiger partial charge in [0.25, 0.3) is 0 Å². The van der Waals surface area contributed by atoms with E-state index in [1.54, 1.807) is 24.8 Å². The second-order valence-corrected chi connectivity index (χ2v) is 10.2. The molecule has 192 valence electrons. The van der Waals surface area contributed by atoms with Gasteiger partial charge in [-0.2, -0.15) is 17.5 Å². The average molecular weight is 534 g/mol. The fraction of sp³-hybridized carbons (Fsp3) is 0.435. The van der Waals surface area contributed by atoms with E-state index in [0.717, 1.165) is 16.4 Å². The Morgan fingerprint density at radius 2 is 1.77 bits per heavy atom. The molecule has 0 radical (unpaired) electrons. The Morgan fingerprint density at radius 1 is 1.09 bits per heavy atom. The van der Waals surface area contributed by atoms with E-state index in [4.69, 9.17) is 16.3 Å².